The molecule has 0 unspecified atom stereocenters. The monoisotopic (exact) mass is 350 g/mol. The van der Waals surface area contributed by atoms with E-state index in [1.54, 1.807) is 29.2 Å². The molecule has 6 heteroatoms. The standard InChI is InChI=1S/C20H22N4O2/c1-13-5-6-15(19(25)26)16(11-13)22-18-12-17(20(2,3)4)23-24(18)14-7-9-21-10-8-14/h5-12,22H,1-4H3,(H,25,26). The van der Waals surface area contributed by atoms with E-state index in [1.807, 2.05) is 31.2 Å². The SMILES string of the molecule is Cc1ccc(C(=O)O)c(Nc2cc(C(C)(C)C)nn2-c2ccncc2)c1. The fraction of sp³-hybridized carbons (Fsp3) is 0.250. The number of aryl methyl sites for hydroxylation is 1. The molecule has 3 aromatic rings. The van der Waals surface area contributed by atoms with Crippen molar-refractivity contribution in [3.63, 3.8) is 0 Å². The Kier molecular flexibility index (Phi) is 4.50. The van der Waals surface area contributed by atoms with Crippen LogP contribution in [-0.2, 0) is 5.41 Å². The Morgan fingerprint density at radius 3 is 2.42 bits per heavy atom. The third kappa shape index (κ3) is 3.59. The zero-order valence-corrected chi connectivity index (χ0v) is 15.3. The molecule has 26 heavy (non-hydrogen) atoms. The van der Waals surface area contributed by atoms with Gasteiger partial charge in [-0.05, 0) is 36.8 Å². The van der Waals surface area contributed by atoms with Gasteiger partial charge in [-0.3, -0.25) is 4.98 Å². The molecule has 134 valence electrons. The molecule has 2 N–H and O–H groups in total. The maximum atomic E-state index is 11.6. The second-order valence-electron chi connectivity index (χ2n) is 7.26. The number of anilines is 2. The fourth-order valence-corrected chi connectivity index (χ4v) is 2.60. The minimum absolute atomic E-state index is 0.142. The van der Waals surface area contributed by atoms with Crippen molar-refractivity contribution >= 4 is 17.5 Å². The molecule has 0 saturated heterocycles. The first kappa shape index (κ1) is 17.7. The zero-order valence-electron chi connectivity index (χ0n) is 15.3. The number of hydrogen-bond acceptors (Lipinski definition) is 4. The maximum Gasteiger partial charge on any atom is 0.337 e. The molecule has 0 atom stereocenters. The van der Waals surface area contributed by atoms with Gasteiger partial charge in [-0.15, -0.1) is 0 Å². The Labute approximate surface area is 152 Å². The van der Waals surface area contributed by atoms with Gasteiger partial charge in [0.15, 0.2) is 0 Å². The van der Waals surface area contributed by atoms with E-state index in [9.17, 15) is 9.90 Å². The van der Waals surface area contributed by atoms with Gasteiger partial charge in [0.2, 0.25) is 0 Å². The lowest BCUT2D eigenvalue weighted by atomic mass is 9.92. The third-order valence-electron chi connectivity index (χ3n) is 4.05. The van der Waals surface area contributed by atoms with E-state index < -0.39 is 5.97 Å². The van der Waals surface area contributed by atoms with E-state index in [0.29, 0.717) is 11.5 Å². The Morgan fingerprint density at radius 2 is 1.81 bits per heavy atom. The van der Waals surface area contributed by atoms with E-state index in [1.165, 1.54) is 0 Å². The molecule has 2 heterocycles. The molecule has 6 nitrogen and oxygen atoms in total. The molecule has 0 aliphatic carbocycles. The van der Waals surface area contributed by atoms with Crippen molar-refractivity contribution in [1.29, 1.82) is 0 Å². The Morgan fingerprint density at radius 1 is 1.12 bits per heavy atom. The lowest BCUT2D eigenvalue weighted by Crippen LogP contribution is -2.12. The van der Waals surface area contributed by atoms with Crippen molar-refractivity contribution in [3.05, 3.63) is 65.6 Å². The van der Waals surface area contributed by atoms with Crippen LogP contribution in [-0.4, -0.2) is 25.8 Å². The first-order valence-electron chi connectivity index (χ1n) is 8.37. The van der Waals surface area contributed by atoms with Crippen LogP contribution in [0, 0.1) is 6.92 Å². The Balaban J connectivity index is 2.12. The Hall–Kier alpha value is -3.15. The number of nitrogens with zero attached hydrogens (tertiary/aromatic N) is 3. The van der Waals surface area contributed by atoms with Gasteiger partial charge < -0.3 is 10.4 Å². The summed E-state index contributed by atoms with van der Waals surface area (Å²) < 4.78 is 1.77. The summed E-state index contributed by atoms with van der Waals surface area (Å²) in [4.78, 5) is 15.6. The average Bonchev–Trinajstić information content (AvgIpc) is 2.99. The van der Waals surface area contributed by atoms with Gasteiger partial charge in [0.25, 0.3) is 0 Å². The highest BCUT2D eigenvalue weighted by Gasteiger charge is 2.21. The molecule has 0 radical (unpaired) electrons. The predicted octanol–water partition coefficient (Wildman–Crippen LogP) is 4.32. The summed E-state index contributed by atoms with van der Waals surface area (Å²) in [5.74, 6) is -0.271. The largest absolute Gasteiger partial charge is 0.478 e. The van der Waals surface area contributed by atoms with Crippen molar-refractivity contribution in [2.75, 3.05) is 5.32 Å². The van der Waals surface area contributed by atoms with Crippen LogP contribution in [0.5, 0.6) is 0 Å². The van der Waals surface area contributed by atoms with Crippen LogP contribution in [0.1, 0.15) is 42.4 Å². The molecule has 0 amide bonds. The average molecular weight is 350 g/mol. The van der Waals surface area contributed by atoms with Gasteiger partial charge in [-0.1, -0.05) is 26.8 Å². The molecule has 0 spiro atoms. The van der Waals surface area contributed by atoms with Gasteiger partial charge in [0.05, 0.1) is 22.6 Å². The van der Waals surface area contributed by atoms with Crippen LogP contribution in [0.4, 0.5) is 11.5 Å². The van der Waals surface area contributed by atoms with Gasteiger partial charge in [-0.2, -0.15) is 5.10 Å². The topological polar surface area (TPSA) is 80.0 Å². The number of aromatic carboxylic acids is 1. The normalized spacial score (nSPS) is 11.4. The molecule has 1 aromatic carbocycles. The lowest BCUT2D eigenvalue weighted by Gasteiger charge is -2.14. The van der Waals surface area contributed by atoms with E-state index >= 15 is 0 Å². The van der Waals surface area contributed by atoms with Gasteiger partial charge in [-0.25, -0.2) is 9.48 Å². The quantitative estimate of drug-likeness (QED) is 0.733. The molecule has 0 bridgehead atoms. The minimum atomic E-state index is -0.974. The number of hydrogen-bond donors (Lipinski definition) is 2. The van der Waals surface area contributed by atoms with Gasteiger partial charge in [0, 0.05) is 23.9 Å². The number of benzene rings is 1. The minimum Gasteiger partial charge on any atom is -0.478 e. The third-order valence-corrected chi connectivity index (χ3v) is 4.05. The number of aromatic nitrogens is 3. The Bertz CT molecular complexity index is 940. The van der Waals surface area contributed by atoms with Crippen LogP contribution in [0.15, 0.2) is 48.8 Å². The molecule has 0 aliphatic rings. The number of rotatable bonds is 4. The summed E-state index contributed by atoms with van der Waals surface area (Å²) in [7, 11) is 0. The second kappa shape index (κ2) is 6.63. The fourth-order valence-electron chi connectivity index (χ4n) is 2.60. The lowest BCUT2D eigenvalue weighted by molar-refractivity contribution is 0.0698. The summed E-state index contributed by atoms with van der Waals surface area (Å²) in [5, 5.41) is 17.5. The number of carbonyl (C=O) groups is 1. The van der Waals surface area contributed by atoms with Crippen LogP contribution in [0.2, 0.25) is 0 Å². The highest BCUT2D eigenvalue weighted by atomic mass is 16.4. The van der Waals surface area contributed by atoms with Gasteiger partial charge >= 0.3 is 5.97 Å². The predicted molar refractivity (Wildman–Crippen MR) is 101 cm³/mol. The molecule has 3 rings (SSSR count). The molecule has 0 fully saturated rings. The molecular weight excluding hydrogens is 328 g/mol. The van der Waals surface area contributed by atoms with Gasteiger partial charge in [0.1, 0.15) is 5.82 Å². The summed E-state index contributed by atoms with van der Waals surface area (Å²) in [6.45, 7) is 8.19. The van der Waals surface area contributed by atoms with Crippen LogP contribution < -0.4 is 5.32 Å². The summed E-state index contributed by atoms with van der Waals surface area (Å²) in [5.41, 5.74) is 3.34. The first-order chi connectivity index (χ1) is 12.3. The van der Waals surface area contributed by atoms with E-state index in [2.05, 4.69) is 31.1 Å². The highest BCUT2D eigenvalue weighted by Crippen LogP contribution is 2.29. The number of carboxylic acid groups (broad SMARTS) is 1. The van der Waals surface area contributed by atoms with E-state index in [0.717, 1.165) is 16.9 Å². The first-order valence-corrected chi connectivity index (χ1v) is 8.37. The van der Waals surface area contributed by atoms with Crippen molar-refractivity contribution in [2.45, 2.75) is 33.1 Å². The molecule has 2 aromatic heterocycles. The van der Waals surface area contributed by atoms with Crippen LogP contribution >= 0.6 is 0 Å². The molecule has 0 saturated carbocycles. The molecular formula is C20H22N4O2. The van der Waals surface area contributed by atoms with Crippen LogP contribution in [0.3, 0.4) is 0 Å². The van der Waals surface area contributed by atoms with Crippen molar-refractivity contribution < 1.29 is 9.90 Å². The summed E-state index contributed by atoms with van der Waals surface area (Å²) in [6.07, 6.45) is 3.40. The second-order valence-corrected chi connectivity index (χ2v) is 7.26. The number of nitrogens with one attached hydrogen (secondary N) is 1. The smallest absolute Gasteiger partial charge is 0.337 e. The van der Waals surface area contributed by atoms with Crippen LogP contribution in [0.25, 0.3) is 5.69 Å². The molecule has 0 aliphatic heterocycles. The number of pyridine rings is 1. The number of carboxylic acids is 1. The van der Waals surface area contributed by atoms with E-state index in [4.69, 9.17) is 5.10 Å². The summed E-state index contributed by atoms with van der Waals surface area (Å²) in [6, 6.07) is 10.9. The maximum absolute atomic E-state index is 11.6. The summed E-state index contributed by atoms with van der Waals surface area (Å²) >= 11 is 0. The zero-order chi connectivity index (χ0) is 18.9. The van der Waals surface area contributed by atoms with Crippen molar-refractivity contribution in [3.8, 4) is 5.69 Å². The van der Waals surface area contributed by atoms with E-state index in [-0.39, 0.29) is 11.0 Å². The van der Waals surface area contributed by atoms with Crippen molar-refractivity contribution in [2.24, 2.45) is 0 Å². The van der Waals surface area contributed by atoms with Crippen molar-refractivity contribution in [1.82, 2.24) is 14.8 Å². The highest BCUT2D eigenvalue weighted by molar-refractivity contribution is 5.95.